The molecule has 1 aromatic rings. The molecule has 2 heterocycles. The maximum Gasteiger partial charge on any atom is 0.194 e. The van der Waals surface area contributed by atoms with E-state index in [9.17, 15) is 5.11 Å². The molecule has 0 unspecified atom stereocenters. The van der Waals surface area contributed by atoms with Crippen molar-refractivity contribution in [3.63, 3.8) is 0 Å². The summed E-state index contributed by atoms with van der Waals surface area (Å²) in [7, 11) is 0. The van der Waals surface area contributed by atoms with Gasteiger partial charge in [0.1, 0.15) is 0 Å². The molecule has 0 radical (unpaired) electrons. The molecule has 0 spiro atoms. The molecule has 2 aliphatic rings. The number of guanidine groups is 1. The number of aliphatic imine (C=N–C) groups is 1. The number of aliphatic hydroxyl groups excluding tert-OH is 1. The minimum atomic E-state index is -0.213. The zero-order valence-electron chi connectivity index (χ0n) is 14.6. The number of likely N-dealkylation sites (tertiary alicyclic amines) is 1. The first-order valence-corrected chi connectivity index (χ1v) is 9.60. The van der Waals surface area contributed by atoms with Crippen molar-refractivity contribution in [1.29, 1.82) is 0 Å². The topological polar surface area (TPSA) is 47.9 Å². The largest absolute Gasteiger partial charge is 0.391 e. The highest BCUT2D eigenvalue weighted by molar-refractivity contribution is 7.12. The van der Waals surface area contributed by atoms with Crippen LogP contribution in [0.2, 0.25) is 0 Å². The van der Waals surface area contributed by atoms with Gasteiger partial charge in [-0.1, -0.05) is 13.8 Å². The number of rotatable bonds is 3. The second-order valence-corrected chi connectivity index (χ2v) is 8.78. The van der Waals surface area contributed by atoms with Gasteiger partial charge in [0, 0.05) is 29.4 Å². The van der Waals surface area contributed by atoms with E-state index in [0.717, 1.165) is 32.0 Å². The van der Waals surface area contributed by atoms with Gasteiger partial charge >= 0.3 is 0 Å². The van der Waals surface area contributed by atoms with E-state index in [4.69, 9.17) is 4.99 Å². The van der Waals surface area contributed by atoms with E-state index in [1.807, 2.05) is 11.3 Å². The van der Waals surface area contributed by atoms with Crippen molar-refractivity contribution in [2.24, 2.45) is 10.4 Å². The van der Waals surface area contributed by atoms with Crippen LogP contribution in [0.4, 0.5) is 0 Å². The van der Waals surface area contributed by atoms with Crippen LogP contribution in [0.15, 0.2) is 11.1 Å². The Morgan fingerprint density at radius 1 is 1.52 bits per heavy atom. The van der Waals surface area contributed by atoms with E-state index in [1.54, 1.807) is 4.88 Å². The van der Waals surface area contributed by atoms with Crippen molar-refractivity contribution in [2.75, 3.05) is 19.6 Å². The predicted molar refractivity (Wildman–Crippen MR) is 97.1 cm³/mol. The van der Waals surface area contributed by atoms with Gasteiger partial charge in [-0.3, -0.25) is 0 Å². The molecule has 23 heavy (non-hydrogen) atoms. The van der Waals surface area contributed by atoms with Crippen LogP contribution >= 0.6 is 11.3 Å². The number of aliphatic hydroxyl groups is 1. The number of thiophene rings is 1. The van der Waals surface area contributed by atoms with Crippen LogP contribution < -0.4 is 5.32 Å². The zero-order valence-corrected chi connectivity index (χ0v) is 15.4. The van der Waals surface area contributed by atoms with Crippen LogP contribution in [0.25, 0.3) is 0 Å². The Balaban J connectivity index is 1.69. The summed E-state index contributed by atoms with van der Waals surface area (Å²) in [5, 5.41) is 13.1. The second-order valence-electron chi connectivity index (χ2n) is 7.56. The van der Waals surface area contributed by atoms with Crippen LogP contribution in [0, 0.1) is 5.41 Å². The maximum absolute atomic E-state index is 9.74. The molecule has 1 atom stereocenters. The van der Waals surface area contributed by atoms with E-state index in [1.165, 1.54) is 29.7 Å². The lowest BCUT2D eigenvalue weighted by molar-refractivity contribution is 0.188. The molecule has 1 aromatic heterocycles. The van der Waals surface area contributed by atoms with E-state index in [-0.39, 0.29) is 6.10 Å². The van der Waals surface area contributed by atoms with Crippen molar-refractivity contribution < 1.29 is 5.11 Å². The summed E-state index contributed by atoms with van der Waals surface area (Å²) in [4.78, 5) is 9.91. The standard InChI is InChI=1S/C18H29N3OS/c1-4-19-17(21-8-6-14(22)12-21)20-11-15-9-13-10-18(2,3)7-5-16(13)23-15/h9,14,22H,4-8,10-12H2,1-3H3,(H,19,20)/t14-/m1/s1. The molecule has 5 heteroatoms. The summed E-state index contributed by atoms with van der Waals surface area (Å²) in [6.07, 6.45) is 4.33. The molecule has 0 aromatic carbocycles. The Bertz CT molecular complexity index is 579. The molecule has 1 saturated heterocycles. The molecule has 1 aliphatic carbocycles. The van der Waals surface area contributed by atoms with Gasteiger partial charge in [-0.15, -0.1) is 11.3 Å². The molecule has 1 aliphatic heterocycles. The first-order valence-electron chi connectivity index (χ1n) is 8.78. The lowest BCUT2D eigenvalue weighted by Gasteiger charge is -2.29. The highest BCUT2D eigenvalue weighted by Gasteiger charge is 2.27. The SMILES string of the molecule is CCNC(=NCc1cc2c(s1)CCC(C)(C)C2)N1CC[C@@H](O)C1. The van der Waals surface area contributed by atoms with Crippen LogP contribution in [0.5, 0.6) is 0 Å². The Morgan fingerprint density at radius 3 is 3.04 bits per heavy atom. The molecule has 4 nitrogen and oxygen atoms in total. The monoisotopic (exact) mass is 335 g/mol. The Kier molecular flexibility index (Phi) is 4.97. The molecule has 1 fully saturated rings. The fourth-order valence-corrected chi connectivity index (χ4v) is 4.65. The summed E-state index contributed by atoms with van der Waals surface area (Å²) in [5.41, 5.74) is 1.98. The fourth-order valence-electron chi connectivity index (χ4n) is 3.54. The number of aryl methyl sites for hydroxylation is 1. The lowest BCUT2D eigenvalue weighted by Crippen LogP contribution is -2.40. The zero-order chi connectivity index (χ0) is 16.4. The van der Waals surface area contributed by atoms with Gasteiger partial charge in [0.25, 0.3) is 0 Å². The van der Waals surface area contributed by atoms with E-state index in [2.05, 4.69) is 37.1 Å². The van der Waals surface area contributed by atoms with Gasteiger partial charge in [0.15, 0.2) is 5.96 Å². The molecule has 0 saturated carbocycles. The average Bonchev–Trinajstić information content (AvgIpc) is 3.08. The molecule has 2 N–H and O–H groups in total. The highest BCUT2D eigenvalue weighted by atomic mass is 32.1. The molecular weight excluding hydrogens is 306 g/mol. The van der Waals surface area contributed by atoms with E-state index < -0.39 is 0 Å². The third-order valence-electron chi connectivity index (χ3n) is 4.83. The number of hydrogen-bond acceptors (Lipinski definition) is 3. The van der Waals surface area contributed by atoms with E-state index >= 15 is 0 Å². The molecule has 0 bridgehead atoms. The number of hydrogen-bond donors (Lipinski definition) is 2. The van der Waals surface area contributed by atoms with Crippen molar-refractivity contribution in [3.05, 3.63) is 21.4 Å². The average molecular weight is 336 g/mol. The van der Waals surface area contributed by atoms with E-state index in [0.29, 0.717) is 12.0 Å². The molecule has 3 rings (SSSR count). The number of fused-ring (bicyclic) bond motifs is 1. The minimum Gasteiger partial charge on any atom is -0.391 e. The van der Waals surface area contributed by atoms with Crippen molar-refractivity contribution in [2.45, 2.75) is 59.1 Å². The third kappa shape index (κ3) is 4.07. The Morgan fingerprint density at radius 2 is 2.35 bits per heavy atom. The van der Waals surface area contributed by atoms with Gasteiger partial charge in [0.2, 0.25) is 0 Å². The highest BCUT2D eigenvalue weighted by Crippen LogP contribution is 2.38. The summed E-state index contributed by atoms with van der Waals surface area (Å²) < 4.78 is 0. The molecular formula is C18H29N3OS. The van der Waals surface area contributed by atoms with Crippen LogP contribution in [-0.4, -0.2) is 41.7 Å². The van der Waals surface area contributed by atoms with Crippen LogP contribution in [-0.2, 0) is 19.4 Å². The van der Waals surface area contributed by atoms with Crippen molar-refractivity contribution in [1.82, 2.24) is 10.2 Å². The van der Waals surface area contributed by atoms with Gasteiger partial charge in [0.05, 0.1) is 12.6 Å². The van der Waals surface area contributed by atoms with Gasteiger partial charge in [-0.05, 0) is 49.7 Å². The lowest BCUT2D eigenvalue weighted by atomic mass is 9.77. The molecule has 0 amide bonds. The quantitative estimate of drug-likeness (QED) is 0.660. The normalized spacial score (nSPS) is 23.9. The Labute approximate surface area is 143 Å². The van der Waals surface area contributed by atoms with Crippen molar-refractivity contribution >= 4 is 17.3 Å². The first-order chi connectivity index (χ1) is 11.0. The minimum absolute atomic E-state index is 0.213. The number of β-amino-alcohol motifs (C(OH)–C–C–N with tert-alkyl or cyclic N) is 1. The van der Waals surface area contributed by atoms with Crippen LogP contribution in [0.1, 0.15) is 48.9 Å². The summed E-state index contributed by atoms with van der Waals surface area (Å²) in [6, 6.07) is 2.37. The smallest absolute Gasteiger partial charge is 0.194 e. The fraction of sp³-hybridized carbons (Fsp3) is 0.722. The van der Waals surface area contributed by atoms with Gasteiger partial charge < -0.3 is 15.3 Å². The molecule has 128 valence electrons. The number of nitrogens with zero attached hydrogens (tertiary/aromatic N) is 2. The second kappa shape index (κ2) is 6.81. The first kappa shape index (κ1) is 16.8. The number of nitrogens with one attached hydrogen (secondary N) is 1. The third-order valence-corrected chi connectivity index (χ3v) is 6.05. The summed E-state index contributed by atoms with van der Waals surface area (Å²) in [6.45, 7) is 10.0. The predicted octanol–water partition coefficient (Wildman–Crippen LogP) is 2.80. The van der Waals surface area contributed by atoms with Gasteiger partial charge in [-0.2, -0.15) is 0 Å². The summed E-state index contributed by atoms with van der Waals surface area (Å²) >= 11 is 1.94. The Hall–Kier alpha value is -1.07. The summed E-state index contributed by atoms with van der Waals surface area (Å²) in [5.74, 6) is 0.941. The maximum atomic E-state index is 9.74. The van der Waals surface area contributed by atoms with Gasteiger partial charge in [-0.25, -0.2) is 4.99 Å². The van der Waals surface area contributed by atoms with Crippen LogP contribution in [0.3, 0.4) is 0 Å². The van der Waals surface area contributed by atoms with Crippen molar-refractivity contribution in [3.8, 4) is 0 Å².